The summed E-state index contributed by atoms with van der Waals surface area (Å²) in [7, 11) is -1.93. The number of hydrogen-bond acceptors (Lipinski definition) is 5. The van der Waals surface area contributed by atoms with Crippen LogP contribution >= 0.6 is 27.5 Å². The number of aromatic nitrogens is 1. The molecule has 16 heavy (non-hydrogen) atoms. The van der Waals surface area contributed by atoms with Gasteiger partial charge in [-0.1, -0.05) is 15.9 Å². The Morgan fingerprint density at radius 3 is 2.81 bits per heavy atom. The Bertz CT molecular complexity index is 515. The number of methoxy groups -OCH3 is 1. The van der Waals surface area contributed by atoms with Gasteiger partial charge in [-0.15, -0.1) is 0 Å². The van der Waals surface area contributed by atoms with E-state index in [4.69, 9.17) is 4.74 Å². The number of nitrogens with zero attached hydrogens (tertiary/aromatic N) is 2. The van der Waals surface area contributed by atoms with Gasteiger partial charge in [0.25, 0.3) is 10.0 Å². The van der Waals surface area contributed by atoms with E-state index < -0.39 is 10.0 Å². The smallest absolute Gasteiger partial charge is 0.254 e. The fourth-order valence-corrected chi connectivity index (χ4v) is 3.97. The molecule has 0 atom stereocenters. The summed E-state index contributed by atoms with van der Waals surface area (Å²) in [5, 5.41) is 0. The summed E-state index contributed by atoms with van der Waals surface area (Å²) in [6, 6.07) is 1.44. The van der Waals surface area contributed by atoms with Crippen molar-refractivity contribution in [3.05, 3.63) is 16.6 Å². The van der Waals surface area contributed by atoms with Crippen LogP contribution in [0.25, 0.3) is 0 Å². The summed E-state index contributed by atoms with van der Waals surface area (Å²) in [4.78, 5) is 1.76. The molecule has 1 aromatic heterocycles. The predicted molar refractivity (Wildman–Crippen MR) is 64.4 cm³/mol. The second kappa shape index (κ2) is 4.44. The van der Waals surface area contributed by atoms with Crippen LogP contribution in [0.5, 0.6) is 5.88 Å². The van der Waals surface area contributed by atoms with Gasteiger partial charge in [-0.25, -0.2) is 8.42 Å². The fraction of sp³-hybridized carbons (Fsp3) is 0.375. The molecule has 0 aromatic carbocycles. The zero-order chi connectivity index (χ0) is 11.8. The molecule has 0 saturated carbocycles. The number of ether oxygens (including phenoxy) is 1. The summed E-state index contributed by atoms with van der Waals surface area (Å²) >= 11 is 4.11. The van der Waals surface area contributed by atoms with Gasteiger partial charge in [0, 0.05) is 19.2 Å². The van der Waals surface area contributed by atoms with E-state index in [-0.39, 0.29) is 4.21 Å². The molecule has 0 spiro atoms. The number of hydrogen-bond donors (Lipinski definition) is 0. The SMILES string of the molecule is COc1cc(S(=O)(=O)N2CC(=CBr)C2)sn1. The highest BCUT2D eigenvalue weighted by atomic mass is 79.9. The second-order valence-corrected chi connectivity index (χ2v) is 6.66. The molecule has 5 nitrogen and oxygen atoms in total. The molecule has 1 aliphatic heterocycles. The first-order chi connectivity index (χ1) is 7.57. The third-order valence-corrected chi connectivity index (χ3v) is 5.82. The molecular weight excluding hydrogens is 316 g/mol. The van der Waals surface area contributed by atoms with E-state index in [0.29, 0.717) is 19.0 Å². The molecule has 1 aliphatic rings. The Morgan fingerprint density at radius 2 is 2.31 bits per heavy atom. The lowest BCUT2D eigenvalue weighted by Crippen LogP contribution is -2.43. The summed E-state index contributed by atoms with van der Waals surface area (Å²) in [6.45, 7) is 0.877. The molecule has 2 heterocycles. The van der Waals surface area contributed by atoms with Crippen molar-refractivity contribution in [3.63, 3.8) is 0 Å². The molecule has 0 radical (unpaired) electrons. The zero-order valence-electron chi connectivity index (χ0n) is 8.38. The molecule has 0 unspecified atom stereocenters. The third kappa shape index (κ3) is 2.02. The van der Waals surface area contributed by atoms with Crippen LogP contribution in [0.4, 0.5) is 0 Å². The van der Waals surface area contributed by atoms with Crippen LogP contribution < -0.4 is 4.74 Å². The van der Waals surface area contributed by atoms with Gasteiger partial charge in [0.15, 0.2) is 4.21 Å². The highest BCUT2D eigenvalue weighted by molar-refractivity contribution is 9.11. The topological polar surface area (TPSA) is 59.5 Å². The van der Waals surface area contributed by atoms with Gasteiger partial charge in [-0.2, -0.15) is 8.68 Å². The first-order valence-corrected chi connectivity index (χ1v) is 7.50. The molecular formula is C8H9BrN2O3S2. The van der Waals surface area contributed by atoms with Gasteiger partial charge in [0.2, 0.25) is 5.88 Å². The highest BCUT2D eigenvalue weighted by Gasteiger charge is 2.34. The number of rotatable bonds is 3. The Balaban J connectivity index is 2.20. The molecule has 0 N–H and O–H groups in total. The molecule has 1 fully saturated rings. The van der Waals surface area contributed by atoms with Gasteiger partial charge >= 0.3 is 0 Å². The maximum Gasteiger partial charge on any atom is 0.254 e. The summed E-state index contributed by atoms with van der Waals surface area (Å²) in [6.07, 6.45) is 0. The van der Waals surface area contributed by atoms with E-state index >= 15 is 0 Å². The van der Waals surface area contributed by atoms with E-state index in [2.05, 4.69) is 20.3 Å². The van der Waals surface area contributed by atoms with Crippen LogP contribution in [0.3, 0.4) is 0 Å². The summed E-state index contributed by atoms with van der Waals surface area (Å²) in [5.74, 6) is 0.334. The summed E-state index contributed by atoms with van der Waals surface area (Å²) < 4.78 is 34.4. The van der Waals surface area contributed by atoms with Crippen molar-refractivity contribution in [2.45, 2.75) is 4.21 Å². The van der Waals surface area contributed by atoms with Crippen molar-refractivity contribution < 1.29 is 13.2 Å². The monoisotopic (exact) mass is 324 g/mol. The maximum absolute atomic E-state index is 12.0. The molecule has 0 amide bonds. The summed E-state index contributed by atoms with van der Waals surface area (Å²) in [5.41, 5.74) is 1.06. The van der Waals surface area contributed by atoms with Crippen molar-refractivity contribution in [1.29, 1.82) is 0 Å². The van der Waals surface area contributed by atoms with E-state index in [1.807, 2.05) is 0 Å². The minimum atomic E-state index is -3.39. The minimum absolute atomic E-state index is 0.220. The average Bonchev–Trinajstić information content (AvgIpc) is 2.64. The second-order valence-electron chi connectivity index (χ2n) is 3.23. The van der Waals surface area contributed by atoms with Crippen LogP contribution in [-0.4, -0.2) is 37.3 Å². The predicted octanol–water partition coefficient (Wildman–Crippen LogP) is 1.43. The van der Waals surface area contributed by atoms with Crippen LogP contribution in [0.1, 0.15) is 0 Å². The maximum atomic E-state index is 12.0. The van der Waals surface area contributed by atoms with Crippen LogP contribution in [0.15, 0.2) is 20.8 Å². The standard InChI is InChI=1S/C8H9BrN2O3S2/c1-14-7-2-8(15-10-7)16(12,13)11-4-6(3-9)5-11/h2-3H,4-5H2,1H3. The van der Waals surface area contributed by atoms with Gasteiger partial charge < -0.3 is 4.74 Å². The third-order valence-electron chi connectivity index (χ3n) is 2.18. The number of sulfonamides is 1. The van der Waals surface area contributed by atoms with E-state index in [0.717, 1.165) is 17.1 Å². The van der Waals surface area contributed by atoms with E-state index in [1.54, 1.807) is 4.99 Å². The number of halogens is 1. The van der Waals surface area contributed by atoms with Crippen LogP contribution in [-0.2, 0) is 10.0 Å². The van der Waals surface area contributed by atoms with Crippen LogP contribution in [0, 0.1) is 0 Å². The Hall–Kier alpha value is -0.440. The molecule has 0 aliphatic carbocycles. The highest BCUT2D eigenvalue weighted by Crippen LogP contribution is 2.29. The first-order valence-electron chi connectivity index (χ1n) is 4.37. The molecule has 2 rings (SSSR count). The van der Waals surface area contributed by atoms with Crippen molar-refractivity contribution >= 4 is 37.5 Å². The van der Waals surface area contributed by atoms with Gasteiger partial charge in [0.05, 0.1) is 7.11 Å². The van der Waals surface area contributed by atoms with Crippen molar-refractivity contribution in [3.8, 4) is 5.88 Å². The minimum Gasteiger partial charge on any atom is -0.480 e. The molecule has 88 valence electrons. The Labute approximate surface area is 106 Å². The lowest BCUT2D eigenvalue weighted by atomic mass is 10.2. The average molecular weight is 325 g/mol. The molecule has 1 saturated heterocycles. The molecule has 8 heteroatoms. The van der Waals surface area contributed by atoms with Gasteiger partial charge in [-0.05, 0) is 22.1 Å². The Morgan fingerprint density at radius 1 is 1.62 bits per heavy atom. The van der Waals surface area contributed by atoms with Gasteiger partial charge in [-0.3, -0.25) is 0 Å². The lowest BCUT2D eigenvalue weighted by Gasteiger charge is -2.31. The van der Waals surface area contributed by atoms with Crippen molar-refractivity contribution in [2.24, 2.45) is 0 Å². The normalized spacial score (nSPS) is 17.0. The Kier molecular flexibility index (Phi) is 3.34. The fourth-order valence-electron chi connectivity index (χ4n) is 1.23. The van der Waals surface area contributed by atoms with Crippen LogP contribution in [0.2, 0.25) is 0 Å². The molecule has 0 bridgehead atoms. The van der Waals surface area contributed by atoms with Crippen molar-refractivity contribution in [1.82, 2.24) is 8.68 Å². The quantitative estimate of drug-likeness (QED) is 0.844. The van der Waals surface area contributed by atoms with E-state index in [9.17, 15) is 8.42 Å². The largest absolute Gasteiger partial charge is 0.480 e. The van der Waals surface area contributed by atoms with Crippen molar-refractivity contribution in [2.75, 3.05) is 20.2 Å². The first kappa shape index (κ1) is 12.0. The van der Waals surface area contributed by atoms with E-state index in [1.165, 1.54) is 17.5 Å². The molecule has 1 aromatic rings. The lowest BCUT2D eigenvalue weighted by molar-refractivity contribution is 0.391. The zero-order valence-corrected chi connectivity index (χ0v) is 11.6. The van der Waals surface area contributed by atoms with Gasteiger partial charge in [0.1, 0.15) is 0 Å².